The zero-order chi connectivity index (χ0) is 4.99. The lowest BCUT2D eigenvalue weighted by Gasteiger charge is -1.99. The Balaban J connectivity index is 2.63. The smallest absolute Gasteiger partial charge is 0.0123 e. The standard InChI is InChI=1S/C2H6Cl2N2/c1-2-5-6(3)4/h5H,2H2,1H3. The van der Waals surface area contributed by atoms with E-state index in [2.05, 4.69) is 5.43 Å². The Bertz CT molecular complexity index is 30.7. The van der Waals surface area contributed by atoms with Crippen molar-refractivity contribution in [3.05, 3.63) is 0 Å². The van der Waals surface area contributed by atoms with Crippen molar-refractivity contribution in [3.8, 4) is 0 Å². The number of halogens is 2. The zero-order valence-corrected chi connectivity index (χ0v) is 4.92. The van der Waals surface area contributed by atoms with E-state index in [1.807, 2.05) is 6.92 Å². The summed E-state index contributed by atoms with van der Waals surface area (Å²) in [6, 6.07) is 0. The van der Waals surface area contributed by atoms with Gasteiger partial charge in [0.1, 0.15) is 0 Å². The Morgan fingerprint density at radius 1 is 1.67 bits per heavy atom. The summed E-state index contributed by atoms with van der Waals surface area (Å²) in [6.45, 7) is 2.64. The third-order valence-electron chi connectivity index (χ3n) is 0.278. The van der Waals surface area contributed by atoms with Gasteiger partial charge in [0.25, 0.3) is 0 Å². The molecule has 0 aromatic carbocycles. The molecule has 0 radical (unpaired) electrons. The molecule has 2 nitrogen and oxygen atoms in total. The van der Waals surface area contributed by atoms with E-state index in [4.69, 9.17) is 23.6 Å². The Hall–Kier alpha value is 0.500. The van der Waals surface area contributed by atoms with Crippen LogP contribution in [-0.4, -0.2) is 10.6 Å². The van der Waals surface area contributed by atoms with Gasteiger partial charge >= 0.3 is 0 Å². The SMILES string of the molecule is CCNN(Cl)Cl. The molecule has 6 heavy (non-hydrogen) atoms. The minimum Gasteiger partial charge on any atom is -0.226 e. The first-order chi connectivity index (χ1) is 2.77. The number of rotatable bonds is 2. The Kier molecular flexibility index (Phi) is 3.99. The molecule has 0 aromatic heterocycles. The number of nitrogens with zero attached hydrogens (tertiary/aromatic N) is 1. The third kappa shape index (κ3) is 4.50. The highest BCUT2D eigenvalue weighted by Crippen LogP contribution is 1.88. The molecule has 0 fully saturated rings. The van der Waals surface area contributed by atoms with Gasteiger partial charge in [-0.2, -0.15) is 0 Å². The van der Waals surface area contributed by atoms with E-state index in [-0.39, 0.29) is 0 Å². The summed E-state index contributed by atoms with van der Waals surface area (Å²) in [5.41, 5.74) is 2.57. The largest absolute Gasteiger partial charge is 0.226 e. The van der Waals surface area contributed by atoms with Crippen molar-refractivity contribution < 1.29 is 0 Å². The maximum absolute atomic E-state index is 5.07. The van der Waals surface area contributed by atoms with Gasteiger partial charge in [0, 0.05) is 30.1 Å². The first-order valence-corrected chi connectivity index (χ1v) is 2.30. The molecule has 0 spiro atoms. The van der Waals surface area contributed by atoms with Gasteiger partial charge < -0.3 is 0 Å². The van der Waals surface area contributed by atoms with Crippen LogP contribution in [0, 0.1) is 0 Å². The minimum atomic E-state index is 0.743. The van der Waals surface area contributed by atoms with Crippen molar-refractivity contribution in [1.29, 1.82) is 0 Å². The van der Waals surface area contributed by atoms with Crippen molar-refractivity contribution >= 4 is 23.6 Å². The van der Waals surface area contributed by atoms with Gasteiger partial charge in [0.15, 0.2) is 0 Å². The second-order valence-electron chi connectivity index (χ2n) is 0.745. The summed E-state index contributed by atoms with van der Waals surface area (Å²) >= 11 is 10.1. The number of nitrogens with one attached hydrogen (secondary N) is 1. The number of hydrogen-bond acceptors (Lipinski definition) is 2. The van der Waals surface area contributed by atoms with Crippen molar-refractivity contribution in [1.82, 2.24) is 9.47 Å². The fourth-order valence-electron chi connectivity index (χ4n) is 0.120. The number of hydrazine groups is 1. The van der Waals surface area contributed by atoms with Gasteiger partial charge in [-0.25, -0.2) is 5.43 Å². The van der Waals surface area contributed by atoms with Crippen LogP contribution < -0.4 is 5.43 Å². The van der Waals surface area contributed by atoms with Crippen LogP contribution in [0.2, 0.25) is 0 Å². The maximum atomic E-state index is 5.07. The molecule has 0 amide bonds. The highest BCUT2D eigenvalue weighted by molar-refractivity contribution is 6.33. The van der Waals surface area contributed by atoms with Crippen molar-refractivity contribution in [2.75, 3.05) is 6.54 Å². The zero-order valence-electron chi connectivity index (χ0n) is 3.41. The summed E-state index contributed by atoms with van der Waals surface area (Å²) in [6.07, 6.45) is 0. The van der Waals surface area contributed by atoms with Crippen molar-refractivity contribution in [3.63, 3.8) is 0 Å². The molecule has 0 aliphatic heterocycles. The normalized spacial score (nSPS) is 10.0. The molecule has 0 aromatic rings. The molecule has 0 rings (SSSR count). The van der Waals surface area contributed by atoms with Gasteiger partial charge in [-0.1, -0.05) is 11.0 Å². The van der Waals surface area contributed by atoms with Gasteiger partial charge in [-0.3, -0.25) is 0 Å². The van der Waals surface area contributed by atoms with Gasteiger partial charge in [-0.15, -0.1) is 0 Å². The van der Waals surface area contributed by atoms with Crippen LogP contribution in [0.5, 0.6) is 0 Å². The Morgan fingerprint density at radius 3 is 2.17 bits per heavy atom. The highest BCUT2D eigenvalue weighted by Gasteiger charge is 1.83. The molecule has 0 saturated heterocycles. The summed E-state index contributed by atoms with van der Waals surface area (Å²) < 4.78 is 0.875. The average molecular weight is 129 g/mol. The van der Waals surface area contributed by atoms with Crippen LogP contribution in [0.25, 0.3) is 0 Å². The van der Waals surface area contributed by atoms with Gasteiger partial charge in [0.2, 0.25) is 0 Å². The van der Waals surface area contributed by atoms with Crippen LogP contribution >= 0.6 is 23.6 Å². The summed E-state index contributed by atoms with van der Waals surface area (Å²) in [7, 11) is 0. The van der Waals surface area contributed by atoms with E-state index in [1.165, 1.54) is 0 Å². The van der Waals surface area contributed by atoms with E-state index in [9.17, 15) is 0 Å². The maximum Gasteiger partial charge on any atom is 0.0123 e. The molecular weight excluding hydrogens is 123 g/mol. The predicted molar refractivity (Wildman–Crippen MR) is 27.2 cm³/mol. The molecule has 0 atom stereocenters. The summed E-state index contributed by atoms with van der Waals surface area (Å²) in [5.74, 6) is 0. The minimum absolute atomic E-state index is 0.743. The van der Waals surface area contributed by atoms with E-state index in [0.29, 0.717) is 0 Å². The predicted octanol–water partition coefficient (Wildman–Crippen LogP) is 1.12. The molecule has 0 bridgehead atoms. The van der Waals surface area contributed by atoms with Crippen molar-refractivity contribution in [2.45, 2.75) is 6.92 Å². The lowest BCUT2D eigenvalue weighted by molar-refractivity contribution is 0.526. The third-order valence-corrected chi connectivity index (χ3v) is 0.517. The average Bonchev–Trinajstić information content (AvgIpc) is 1.35. The van der Waals surface area contributed by atoms with Gasteiger partial charge in [0.05, 0.1) is 0 Å². The second-order valence-corrected chi connectivity index (χ2v) is 1.59. The van der Waals surface area contributed by atoms with Crippen LogP contribution in [0.3, 0.4) is 0 Å². The topological polar surface area (TPSA) is 15.3 Å². The van der Waals surface area contributed by atoms with Crippen LogP contribution in [0.4, 0.5) is 0 Å². The number of hydrogen-bond donors (Lipinski definition) is 1. The molecule has 0 aliphatic carbocycles. The molecular formula is C2H6Cl2N2. The quantitative estimate of drug-likeness (QED) is 0.444. The first kappa shape index (κ1) is 6.50. The fraction of sp³-hybridized carbons (Fsp3) is 1.00. The van der Waals surface area contributed by atoms with E-state index in [0.717, 1.165) is 10.6 Å². The molecule has 0 unspecified atom stereocenters. The van der Waals surface area contributed by atoms with E-state index in [1.54, 1.807) is 0 Å². The van der Waals surface area contributed by atoms with Crippen LogP contribution in [0.1, 0.15) is 6.92 Å². The molecule has 0 aliphatic rings. The monoisotopic (exact) mass is 128 g/mol. The molecule has 38 valence electrons. The van der Waals surface area contributed by atoms with Crippen LogP contribution in [0.15, 0.2) is 0 Å². The Labute approximate surface area is 47.2 Å². The van der Waals surface area contributed by atoms with Crippen molar-refractivity contribution in [2.24, 2.45) is 0 Å². The molecule has 1 N–H and O–H groups in total. The van der Waals surface area contributed by atoms with Crippen LogP contribution in [-0.2, 0) is 0 Å². The molecule has 0 saturated carbocycles. The first-order valence-electron chi connectivity index (χ1n) is 1.62. The second kappa shape index (κ2) is 3.68. The Morgan fingerprint density at radius 2 is 2.17 bits per heavy atom. The fourth-order valence-corrected chi connectivity index (χ4v) is 0.359. The lowest BCUT2D eigenvalue weighted by atomic mass is 10.8. The molecule has 4 heteroatoms. The van der Waals surface area contributed by atoms with Gasteiger partial charge in [-0.05, 0) is 0 Å². The van der Waals surface area contributed by atoms with E-state index >= 15 is 0 Å². The summed E-state index contributed by atoms with van der Waals surface area (Å²) in [5, 5.41) is 0. The molecule has 0 heterocycles. The highest BCUT2D eigenvalue weighted by atomic mass is 35.5. The lowest BCUT2D eigenvalue weighted by Crippen LogP contribution is -2.19. The summed E-state index contributed by atoms with van der Waals surface area (Å²) in [4.78, 5) is 0. The van der Waals surface area contributed by atoms with E-state index < -0.39 is 0 Å².